The number of anilines is 1. The predicted octanol–water partition coefficient (Wildman–Crippen LogP) is 0.944. The Morgan fingerprint density at radius 2 is 2.00 bits per heavy atom. The molecule has 1 aromatic carbocycles. The lowest BCUT2D eigenvalue weighted by atomic mass is 10.2. The van der Waals surface area contributed by atoms with Crippen LogP contribution in [-0.4, -0.2) is 90.2 Å². The highest BCUT2D eigenvalue weighted by Gasteiger charge is 2.25. The topological polar surface area (TPSA) is 122 Å². The summed E-state index contributed by atoms with van der Waals surface area (Å²) in [4.78, 5) is 27.6. The molecule has 2 aromatic heterocycles. The Morgan fingerprint density at radius 1 is 1.17 bits per heavy atom. The van der Waals surface area contributed by atoms with Crippen molar-refractivity contribution in [3.05, 3.63) is 53.9 Å². The van der Waals surface area contributed by atoms with Crippen LogP contribution in [0, 0.1) is 0 Å². The lowest BCUT2D eigenvalue weighted by molar-refractivity contribution is 0.0996. The Labute approximate surface area is 209 Å². The van der Waals surface area contributed by atoms with Gasteiger partial charge in [-0.3, -0.25) is 14.3 Å². The number of pyridine rings is 1. The van der Waals surface area contributed by atoms with Crippen LogP contribution in [0.25, 0.3) is 10.9 Å². The molecule has 5 rings (SSSR count). The first-order chi connectivity index (χ1) is 17.4. The van der Waals surface area contributed by atoms with Gasteiger partial charge >= 0.3 is 0 Å². The minimum Gasteiger partial charge on any atom is -0.493 e. The zero-order chi connectivity index (χ0) is 25.1. The Balaban J connectivity index is 1.30. The molecule has 1 amide bonds. The summed E-state index contributed by atoms with van der Waals surface area (Å²) >= 11 is 0. The summed E-state index contributed by atoms with van der Waals surface area (Å²) in [5.41, 5.74) is 1.34. The summed E-state index contributed by atoms with van der Waals surface area (Å²) in [5, 5.41) is 4.24. The summed E-state index contributed by atoms with van der Waals surface area (Å²) in [6, 6.07) is 8.90. The number of nitrogens with zero attached hydrogens (tertiary/aromatic N) is 6. The number of sulfonamides is 1. The van der Waals surface area contributed by atoms with Gasteiger partial charge in [0.1, 0.15) is 11.6 Å². The summed E-state index contributed by atoms with van der Waals surface area (Å²) in [7, 11) is -1.29. The van der Waals surface area contributed by atoms with Crippen LogP contribution in [0.1, 0.15) is 16.8 Å². The molecule has 4 heterocycles. The fourth-order valence-electron chi connectivity index (χ4n) is 4.35. The van der Waals surface area contributed by atoms with Crippen LogP contribution in [-0.2, 0) is 16.6 Å². The monoisotopic (exact) mass is 511 g/mol. The molecule has 1 N–H and O–H groups in total. The van der Waals surface area contributed by atoms with Crippen molar-refractivity contribution in [2.75, 3.05) is 57.4 Å². The van der Waals surface area contributed by atoms with Gasteiger partial charge in [-0.2, -0.15) is 9.30 Å². The molecule has 0 aliphatic carbocycles. The zero-order valence-electron chi connectivity index (χ0n) is 20.1. The van der Waals surface area contributed by atoms with E-state index >= 15 is 0 Å². The Morgan fingerprint density at radius 3 is 2.78 bits per heavy atom. The Kier molecular flexibility index (Phi) is 6.99. The Hall–Kier alpha value is -3.35. The van der Waals surface area contributed by atoms with Gasteiger partial charge in [-0.1, -0.05) is 0 Å². The average molecular weight is 512 g/mol. The SMILES string of the molecule is CN1CCN(S(=O)(=O)CCCOc2ccc3c4n(c(=NC(=O)c5cccnc5)nc3c2)CCN4)CC1. The minimum absolute atomic E-state index is 0.0517. The lowest BCUT2D eigenvalue weighted by Crippen LogP contribution is -2.47. The fraction of sp³-hybridized carbons (Fsp3) is 0.417. The van der Waals surface area contributed by atoms with E-state index in [1.807, 2.05) is 23.7 Å². The van der Waals surface area contributed by atoms with Crippen LogP contribution in [0.3, 0.4) is 0 Å². The first kappa shape index (κ1) is 24.3. The molecule has 0 unspecified atom stereocenters. The van der Waals surface area contributed by atoms with E-state index in [1.54, 1.807) is 28.7 Å². The van der Waals surface area contributed by atoms with Gasteiger partial charge in [-0.25, -0.2) is 13.4 Å². The number of hydrogen-bond acceptors (Lipinski definition) is 8. The van der Waals surface area contributed by atoms with Gasteiger partial charge in [-0.15, -0.1) is 0 Å². The largest absolute Gasteiger partial charge is 0.493 e. The fourth-order valence-corrected chi connectivity index (χ4v) is 5.81. The third-order valence-electron chi connectivity index (χ3n) is 6.36. The van der Waals surface area contributed by atoms with Gasteiger partial charge in [0.2, 0.25) is 15.6 Å². The zero-order valence-corrected chi connectivity index (χ0v) is 20.9. The number of ether oxygens (including phenoxy) is 1. The number of hydrogen-bond donors (Lipinski definition) is 1. The van der Waals surface area contributed by atoms with Crippen molar-refractivity contribution in [2.45, 2.75) is 13.0 Å². The molecule has 0 saturated carbocycles. The second-order valence-electron chi connectivity index (χ2n) is 8.90. The first-order valence-electron chi connectivity index (χ1n) is 12.0. The van der Waals surface area contributed by atoms with Crippen molar-refractivity contribution in [1.82, 2.24) is 23.7 Å². The molecule has 3 aromatic rings. The van der Waals surface area contributed by atoms with E-state index in [4.69, 9.17) is 4.74 Å². The highest BCUT2D eigenvalue weighted by atomic mass is 32.2. The number of nitrogens with one attached hydrogen (secondary N) is 1. The maximum atomic E-state index is 12.6. The number of piperazine rings is 1. The molecule has 1 saturated heterocycles. The van der Waals surface area contributed by atoms with Crippen molar-refractivity contribution < 1.29 is 17.9 Å². The summed E-state index contributed by atoms with van der Waals surface area (Å²) in [6.45, 7) is 4.19. The molecule has 2 aliphatic heterocycles. The van der Waals surface area contributed by atoms with Crippen LogP contribution in [0.2, 0.25) is 0 Å². The molecule has 36 heavy (non-hydrogen) atoms. The van der Waals surface area contributed by atoms with Crippen LogP contribution < -0.4 is 15.7 Å². The number of aromatic nitrogens is 3. The number of carbonyl (C=O) groups excluding carboxylic acids is 1. The van der Waals surface area contributed by atoms with Gasteiger partial charge in [-0.05, 0) is 37.7 Å². The van der Waals surface area contributed by atoms with Crippen LogP contribution >= 0.6 is 0 Å². The molecule has 0 bridgehead atoms. The van der Waals surface area contributed by atoms with Crippen molar-refractivity contribution in [3.63, 3.8) is 0 Å². The minimum atomic E-state index is -3.29. The average Bonchev–Trinajstić information content (AvgIpc) is 3.38. The number of benzene rings is 1. The summed E-state index contributed by atoms with van der Waals surface area (Å²) in [5.74, 6) is 1.07. The molecule has 0 radical (unpaired) electrons. The second-order valence-corrected chi connectivity index (χ2v) is 11.0. The predicted molar refractivity (Wildman–Crippen MR) is 135 cm³/mol. The molecule has 0 spiro atoms. The highest BCUT2D eigenvalue weighted by molar-refractivity contribution is 7.89. The molecular formula is C24H29N7O4S. The van der Waals surface area contributed by atoms with E-state index < -0.39 is 15.9 Å². The van der Waals surface area contributed by atoms with Gasteiger partial charge in [0.05, 0.1) is 23.4 Å². The highest BCUT2D eigenvalue weighted by Crippen LogP contribution is 2.26. The molecule has 2 aliphatic rings. The third kappa shape index (κ3) is 5.25. The maximum absolute atomic E-state index is 12.6. The lowest BCUT2D eigenvalue weighted by Gasteiger charge is -2.31. The van der Waals surface area contributed by atoms with E-state index in [-0.39, 0.29) is 12.4 Å². The molecular weight excluding hydrogens is 482 g/mol. The van der Waals surface area contributed by atoms with Gasteiger partial charge in [0.25, 0.3) is 5.91 Å². The first-order valence-corrected chi connectivity index (χ1v) is 13.6. The van der Waals surface area contributed by atoms with Crippen LogP contribution in [0.5, 0.6) is 5.75 Å². The third-order valence-corrected chi connectivity index (χ3v) is 8.32. The quantitative estimate of drug-likeness (QED) is 0.465. The van der Waals surface area contributed by atoms with Crippen LogP contribution in [0.4, 0.5) is 5.82 Å². The van der Waals surface area contributed by atoms with Gasteiger partial charge < -0.3 is 15.0 Å². The Bertz CT molecular complexity index is 1430. The second kappa shape index (κ2) is 10.3. The standard InChI is InChI=1S/C24H29N7O4S/c1-29-10-12-30(13-11-29)36(33,34)15-3-14-35-19-5-6-20-21(16-19)27-24(31-9-8-26-22(20)31)28-23(32)18-4-2-7-25-17-18/h2,4-7,16-17,26H,3,8-15H2,1H3. The van der Waals surface area contributed by atoms with Crippen LogP contribution in [0.15, 0.2) is 47.7 Å². The van der Waals surface area contributed by atoms with E-state index in [0.29, 0.717) is 55.0 Å². The normalized spacial score (nSPS) is 17.2. The number of likely N-dealkylation sites (N-methyl/N-ethyl adjacent to an activating group) is 1. The number of rotatable bonds is 7. The maximum Gasteiger partial charge on any atom is 0.281 e. The van der Waals surface area contributed by atoms with E-state index in [9.17, 15) is 13.2 Å². The summed E-state index contributed by atoms with van der Waals surface area (Å²) < 4.78 is 34.5. The number of amides is 1. The summed E-state index contributed by atoms with van der Waals surface area (Å²) in [6.07, 6.45) is 3.47. The molecule has 1 fully saturated rings. The van der Waals surface area contributed by atoms with Crippen molar-refractivity contribution >= 4 is 32.7 Å². The number of fused-ring (bicyclic) bond motifs is 3. The van der Waals surface area contributed by atoms with Crippen molar-refractivity contribution in [1.29, 1.82) is 0 Å². The van der Waals surface area contributed by atoms with E-state index in [1.165, 1.54) is 6.20 Å². The number of carbonyl (C=O) groups is 1. The van der Waals surface area contributed by atoms with Gasteiger partial charge in [0, 0.05) is 63.1 Å². The molecule has 190 valence electrons. The van der Waals surface area contributed by atoms with Crippen molar-refractivity contribution in [3.8, 4) is 5.75 Å². The van der Waals surface area contributed by atoms with E-state index in [0.717, 1.165) is 24.3 Å². The molecule has 12 heteroatoms. The smallest absolute Gasteiger partial charge is 0.281 e. The van der Waals surface area contributed by atoms with Crippen molar-refractivity contribution in [2.24, 2.45) is 4.99 Å². The molecule has 11 nitrogen and oxygen atoms in total. The van der Waals surface area contributed by atoms with E-state index in [2.05, 4.69) is 25.2 Å². The molecule has 0 atom stereocenters. The van der Waals surface area contributed by atoms with Gasteiger partial charge in [0.15, 0.2) is 0 Å².